The lowest BCUT2D eigenvalue weighted by atomic mass is 10.1. The normalized spacial score (nSPS) is 14.4. The zero-order valence-electron chi connectivity index (χ0n) is 23.8. The lowest BCUT2D eigenvalue weighted by Gasteiger charge is -2.34. The van der Waals surface area contributed by atoms with E-state index in [-0.39, 0.29) is 23.4 Å². The first-order valence-corrected chi connectivity index (χ1v) is 15.5. The van der Waals surface area contributed by atoms with Crippen molar-refractivity contribution in [2.75, 3.05) is 10.8 Å². The standard InChI is InChI=1S/C32H38FN3O4S/c1-4-29(32(38)34-27-10-6-7-11-27)35(21-25-15-17-26(33)18-16-25)31(37)22-36(30-12-8-5-9-24(30)3)41(39,40)28-19-13-23(2)14-20-28/h5,8-9,12-20,27,29H,4,6-7,10-11,21-22H2,1-3H3,(H,34,38)/t29-/m0/s1. The number of sulfonamides is 1. The van der Waals surface area contributed by atoms with Gasteiger partial charge in [-0.1, -0.05) is 67.8 Å². The van der Waals surface area contributed by atoms with Gasteiger partial charge in [0.15, 0.2) is 0 Å². The highest BCUT2D eigenvalue weighted by Gasteiger charge is 2.35. The second-order valence-corrected chi connectivity index (χ2v) is 12.5. The fraction of sp³-hybridized carbons (Fsp3) is 0.375. The van der Waals surface area contributed by atoms with Gasteiger partial charge in [-0.25, -0.2) is 12.8 Å². The molecule has 1 aliphatic carbocycles. The minimum atomic E-state index is -4.14. The van der Waals surface area contributed by atoms with Crippen molar-refractivity contribution in [1.29, 1.82) is 0 Å². The van der Waals surface area contributed by atoms with Gasteiger partial charge >= 0.3 is 0 Å². The SMILES string of the molecule is CC[C@@H](C(=O)NC1CCCC1)N(Cc1ccc(F)cc1)C(=O)CN(c1ccccc1C)S(=O)(=O)c1ccc(C)cc1. The van der Waals surface area contributed by atoms with Gasteiger partial charge in [0.1, 0.15) is 18.4 Å². The zero-order chi connectivity index (χ0) is 29.6. The number of para-hydroxylation sites is 1. The molecule has 0 saturated heterocycles. The predicted molar refractivity (Wildman–Crippen MR) is 158 cm³/mol. The molecule has 0 aliphatic heterocycles. The molecule has 7 nitrogen and oxygen atoms in total. The predicted octanol–water partition coefficient (Wildman–Crippen LogP) is 5.50. The fourth-order valence-corrected chi connectivity index (χ4v) is 6.75. The minimum Gasteiger partial charge on any atom is -0.352 e. The molecule has 0 bridgehead atoms. The first kappa shape index (κ1) is 30.2. The maximum Gasteiger partial charge on any atom is 0.264 e. The van der Waals surface area contributed by atoms with Crippen LogP contribution in [0.5, 0.6) is 0 Å². The summed E-state index contributed by atoms with van der Waals surface area (Å²) < 4.78 is 42.8. The van der Waals surface area contributed by atoms with E-state index in [2.05, 4.69) is 5.32 Å². The van der Waals surface area contributed by atoms with Crippen LogP contribution in [-0.2, 0) is 26.2 Å². The fourth-order valence-electron chi connectivity index (χ4n) is 5.27. The Bertz CT molecular complexity index is 1450. The van der Waals surface area contributed by atoms with Crippen LogP contribution < -0.4 is 9.62 Å². The molecule has 1 aliphatic rings. The molecule has 1 atom stereocenters. The lowest BCUT2D eigenvalue weighted by Crippen LogP contribution is -2.53. The molecule has 2 amide bonds. The van der Waals surface area contributed by atoms with Crippen molar-refractivity contribution < 1.29 is 22.4 Å². The van der Waals surface area contributed by atoms with Crippen LogP contribution in [0.4, 0.5) is 10.1 Å². The molecule has 0 radical (unpaired) electrons. The highest BCUT2D eigenvalue weighted by atomic mass is 32.2. The Kier molecular flexibility index (Phi) is 9.81. The van der Waals surface area contributed by atoms with E-state index in [1.807, 2.05) is 13.8 Å². The number of halogens is 1. The van der Waals surface area contributed by atoms with Crippen molar-refractivity contribution in [3.63, 3.8) is 0 Å². The summed E-state index contributed by atoms with van der Waals surface area (Å²) in [4.78, 5) is 29.1. The van der Waals surface area contributed by atoms with E-state index in [0.717, 1.165) is 35.6 Å². The average Bonchev–Trinajstić information content (AvgIpc) is 3.46. The van der Waals surface area contributed by atoms with E-state index in [1.165, 1.54) is 29.2 Å². The molecule has 218 valence electrons. The van der Waals surface area contributed by atoms with Crippen molar-refractivity contribution >= 4 is 27.5 Å². The molecule has 0 aromatic heterocycles. The Morgan fingerprint density at radius 1 is 0.951 bits per heavy atom. The number of hydrogen-bond acceptors (Lipinski definition) is 4. The van der Waals surface area contributed by atoms with Gasteiger partial charge in [-0.05, 0) is 74.6 Å². The Labute approximate surface area is 242 Å². The molecular formula is C32H38FN3O4S. The number of hydrogen-bond donors (Lipinski definition) is 1. The summed E-state index contributed by atoms with van der Waals surface area (Å²) in [5, 5.41) is 3.09. The van der Waals surface area contributed by atoms with E-state index in [0.29, 0.717) is 23.2 Å². The largest absolute Gasteiger partial charge is 0.352 e. The van der Waals surface area contributed by atoms with Crippen LogP contribution in [-0.4, -0.2) is 43.8 Å². The van der Waals surface area contributed by atoms with Gasteiger partial charge in [-0.2, -0.15) is 0 Å². The highest BCUT2D eigenvalue weighted by molar-refractivity contribution is 7.92. The number of nitrogens with one attached hydrogen (secondary N) is 1. The number of rotatable bonds is 11. The Balaban J connectivity index is 1.72. The number of carbonyl (C=O) groups is 2. The number of amides is 2. The molecular weight excluding hydrogens is 541 g/mol. The molecule has 0 heterocycles. The van der Waals surface area contributed by atoms with Crippen LogP contribution in [0.2, 0.25) is 0 Å². The summed E-state index contributed by atoms with van der Waals surface area (Å²) in [6, 6.07) is 18.5. The molecule has 0 spiro atoms. The maximum absolute atomic E-state index is 14.1. The first-order valence-electron chi connectivity index (χ1n) is 14.1. The zero-order valence-corrected chi connectivity index (χ0v) is 24.7. The van der Waals surface area contributed by atoms with Crippen molar-refractivity contribution in [2.45, 2.75) is 76.4 Å². The minimum absolute atomic E-state index is 0.0297. The van der Waals surface area contributed by atoms with Crippen LogP contribution in [0.25, 0.3) is 0 Å². The van der Waals surface area contributed by atoms with E-state index >= 15 is 0 Å². The Hall–Kier alpha value is -3.72. The highest BCUT2D eigenvalue weighted by Crippen LogP contribution is 2.28. The monoisotopic (exact) mass is 579 g/mol. The van der Waals surface area contributed by atoms with Gasteiger partial charge in [0.25, 0.3) is 10.0 Å². The van der Waals surface area contributed by atoms with Crippen molar-refractivity contribution in [2.24, 2.45) is 0 Å². The first-order chi connectivity index (χ1) is 19.6. The molecule has 4 rings (SSSR count). The molecule has 9 heteroatoms. The summed E-state index contributed by atoms with van der Waals surface area (Å²) in [6.07, 6.45) is 4.21. The van der Waals surface area contributed by atoms with Crippen molar-refractivity contribution in [3.8, 4) is 0 Å². The molecule has 1 N–H and O–H groups in total. The molecule has 3 aromatic carbocycles. The van der Waals surface area contributed by atoms with Crippen LogP contribution >= 0.6 is 0 Å². The number of carbonyl (C=O) groups excluding carboxylic acids is 2. The topological polar surface area (TPSA) is 86.8 Å². The summed E-state index contributed by atoms with van der Waals surface area (Å²) in [6.45, 7) is 5.01. The molecule has 3 aromatic rings. The maximum atomic E-state index is 14.1. The Morgan fingerprint density at radius 3 is 2.20 bits per heavy atom. The Morgan fingerprint density at radius 2 is 1.59 bits per heavy atom. The second kappa shape index (κ2) is 13.3. The van der Waals surface area contributed by atoms with Gasteiger partial charge < -0.3 is 10.2 Å². The van der Waals surface area contributed by atoms with Gasteiger partial charge in [0, 0.05) is 12.6 Å². The number of benzene rings is 3. The van der Waals surface area contributed by atoms with E-state index in [1.54, 1.807) is 55.5 Å². The van der Waals surface area contributed by atoms with Gasteiger partial charge in [-0.3, -0.25) is 13.9 Å². The smallest absolute Gasteiger partial charge is 0.264 e. The van der Waals surface area contributed by atoms with Crippen LogP contribution in [0, 0.1) is 19.7 Å². The van der Waals surface area contributed by atoms with Crippen molar-refractivity contribution in [3.05, 3.63) is 95.3 Å². The summed E-state index contributed by atoms with van der Waals surface area (Å²) in [5.41, 5.74) is 2.61. The van der Waals surface area contributed by atoms with E-state index in [4.69, 9.17) is 0 Å². The third-order valence-electron chi connectivity index (χ3n) is 7.63. The molecule has 1 fully saturated rings. The summed E-state index contributed by atoms with van der Waals surface area (Å²) >= 11 is 0. The van der Waals surface area contributed by atoms with Crippen LogP contribution in [0.1, 0.15) is 55.7 Å². The van der Waals surface area contributed by atoms with Crippen LogP contribution in [0.3, 0.4) is 0 Å². The second-order valence-electron chi connectivity index (χ2n) is 10.7. The number of aryl methyl sites for hydroxylation is 2. The van der Waals surface area contributed by atoms with E-state index < -0.39 is 34.3 Å². The van der Waals surface area contributed by atoms with Gasteiger partial charge in [0.2, 0.25) is 11.8 Å². The average molecular weight is 580 g/mol. The number of nitrogens with zero attached hydrogens (tertiary/aromatic N) is 2. The molecule has 1 saturated carbocycles. The third kappa shape index (κ3) is 7.33. The molecule has 0 unspecified atom stereocenters. The van der Waals surface area contributed by atoms with Crippen molar-refractivity contribution in [1.82, 2.24) is 10.2 Å². The third-order valence-corrected chi connectivity index (χ3v) is 9.40. The van der Waals surface area contributed by atoms with Crippen LogP contribution in [0.15, 0.2) is 77.7 Å². The molecule has 41 heavy (non-hydrogen) atoms. The quantitative estimate of drug-likeness (QED) is 0.325. The number of anilines is 1. The van der Waals surface area contributed by atoms with Gasteiger partial charge in [-0.15, -0.1) is 0 Å². The van der Waals surface area contributed by atoms with Gasteiger partial charge in [0.05, 0.1) is 10.6 Å². The summed E-state index contributed by atoms with van der Waals surface area (Å²) in [5.74, 6) is -1.20. The summed E-state index contributed by atoms with van der Waals surface area (Å²) in [7, 11) is -4.14. The lowest BCUT2D eigenvalue weighted by molar-refractivity contribution is -0.140. The van der Waals surface area contributed by atoms with E-state index in [9.17, 15) is 22.4 Å².